The number of anilines is 4. The molecule has 0 saturated carbocycles. The SMILES string of the molecule is CC(C)(C)[S@](=O)N=Cc1ccc(Br)cc1.CC(C)(C)[S@](=O)N[C@@H](C(=O)N(c1ccccc1)c1ccccc1)c1ccc(Br)cc1.O=CN(c1ccccc1)c1ccccc1. The van der Waals surface area contributed by atoms with E-state index in [1.165, 1.54) is 0 Å². The lowest BCUT2D eigenvalue weighted by atomic mass is 10.1. The molecule has 0 aliphatic rings. The van der Waals surface area contributed by atoms with Crippen molar-refractivity contribution in [1.82, 2.24) is 4.72 Å². The number of nitrogens with one attached hydrogen (secondary N) is 1. The van der Waals surface area contributed by atoms with Gasteiger partial charge in [-0.3, -0.25) is 19.4 Å². The van der Waals surface area contributed by atoms with Gasteiger partial charge < -0.3 is 0 Å². The van der Waals surface area contributed by atoms with Gasteiger partial charge in [-0.05, 0) is 125 Å². The summed E-state index contributed by atoms with van der Waals surface area (Å²) in [6.07, 6.45) is 2.47. The first-order chi connectivity index (χ1) is 28.6. The van der Waals surface area contributed by atoms with Gasteiger partial charge in [-0.1, -0.05) is 129 Å². The third-order valence-electron chi connectivity index (χ3n) is 8.35. The summed E-state index contributed by atoms with van der Waals surface area (Å²) in [5.41, 5.74) is 4.95. The molecule has 0 bridgehead atoms. The second-order valence-electron chi connectivity index (χ2n) is 15.1. The number of benzene rings is 6. The van der Waals surface area contributed by atoms with E-state index in [9.17, 15) is 18.0 Å². The molecule has 8 nitrogen and oxygen atoms in total. The van der Waals surface area contributed by atoms with Crippen LogP contribution in [0.2, 0.25) is 0 Å². The van der Waals surface area contributed by atoms with E-state index < -0.39 is 32.8 Å². The lowest BCUT2D eigenvalue weighted by Gasteiger charge is -2.30. The molecule has 0 fully saturated rings. The zero-order valence-corrected chi connectivity index (χ0v) is 39.2. The van der Waals surface area contributed by atoms with E-state index in [0.29, 0.717) is 0 Å². The molecule has 0 unspecified atom stereocenters. The maximum Gasteiger partial charge on any atom is 0.254 e. The largest absolute Gasteiger partial charge is 0.284 e. The maximum absolute atomic E-state index is 13.9. The highest BCUT2D eigenvalue weighted by molar-refractivity contribution is 9.10. The Morgan fingerprint density at radius 1 is 0.583 bits per heavy atom. The van der Waals surface area contributed by atoms with Crippen molar-refractivity contribution >= 4 is 95.1 Å². The predicted molar refractivity (Wildman–Crippen MR) is 259 cm³/mol. The van der Waals surface area contributed by atoms with Gasteiger partial charge in [0.1, 0.15) is 17.0 Å². The van der Waals surface area contributed by atoms with E-state index >= 15 is 0 Å². The highest BCUT2D eigenvalue weighted by atomic mass is 79.9. The van der Waals surface area contributed by atoms with Crippen molar-refractivity contribution in [2.45, 2.75) is 57.1 Å². The van der Waals surface area contributed by atoms with Crippen LogP contribution in [0.25, 0.3) is 0 Å². The van der Waals surface area contributed by atoms with Crippen LogP contribution in [0.4, 0.5) is 22.7 Å². The van der Waals surface area contributed by atoms with Crippen LogP contribution in [0.5, 0.6) is 0 Å². The zero-order chi connectivity index (χ0) is 43.7. The standard InChI is InChI=1S/C24H25BrN2O2S.C13H11NO.C11H14BrNOS/c1-24(2,3)30(29)26-22(18-14-16-19(25)17-15-18)23(28)27(20-10-6-4-7-11-20)21-12-8-5-9-13-21;15-11-14(12-7-3-1-4-8-12)13-9-5-2-6-10-13;1-11(2,3)15(14)13-8-9-4-6-10(12)7-5-9/h4-17,22,26H,1-3H3;1-11H;4-8H,1-3H3/t22-,30+;;15-/m1.0/s1. The Bertz CT molecular complexity index is 2230. The van der Waals surface area contributed by atoms with Crippen LogP contribution in [-0.2, 0) is 31.6 Å². The molecule has 0 heterocycles. The van der Waals surface area contributed by atoms with Gasteiger partial charge in [0.15, 0.2) is 0 Å². The summed E-state index contributed by atoms with van der Waals surface area (Å²) >= 11 is 6.79. The molecule has 6 aromatic rings. The molecular weight excluding hydrogens is 920 g/mol. The first kappa shape index (κ1) is 47.8. The molecule has 0 aliphatic heterocycles. The molecule has 0 aliphatic carbocycles. The van der Waals surface area contributed by atoms with Crippen molar-refractivity contribution in [1.29, 1.82) is 0 Å². The van der Waals surface area contributed by atoms with Gasteiger partial charge in [0.25, 0.3) is 5.91 Å². The monoisotopic (exact) mass is 968 g/mol. The molecule has 6 rings (SSSR count). The predicted octanol–water partition coefficient (Wildman–Crippen LogP) is 12.2. The fourth-order valence-electron chi connectivity index (χ4n) is 5.15. The van der Waals surface area contributed by atoms with Crippen LogP contribution >= 0.6 is 31.9 Å². The first-order valence-corrected chi connectivity index (χ1v) is 22.9. The minimum absolute atomic E-state index is 0.202. The van der Waals surface area contributed by atoms with Gasteiger partial charge in [0.2, 0.25) is 6.41 Å². The average molecular weight is 971 g/mol. The number of halogens is 2. The van der Waals surface area contributed by atoms with E-state index in [0.717, 1.165) is 49.2 Å². The van der Waals surface area contributed by atoms with Crippen molar-refractivity contribution in [2.75, 3.05) is 9.80 Å². The second kappa shape index (κ2) is 23.2. The van der Waals surface area contributed by atoms with Gasteiger partial charge in [-0.25, -0.2) is 13.1 Å². The summed E-state index contributed by atoms with van der Waals surface area (Å²) in [6.45, 7) is 11.4. The van der Waals surface area contributed by atoms with Gasteiger partial charge in [0, 0.05) is 37.9 Å². The van der Waals surface area contributed by atoms with Crippen LogP contribution in [-0.4, -0.2) is 36.4 Å². The molecule has 3 atom stereocenters. The van der Waals surface area contributed by atoms with Crippen LogP contribution in [0, 0.1) is 0 Å². The Balaban J connectivity index is 0.000000221. The Kier molecular flexibility index (Phi) is 18.5. The van der Waals surface area contributed by atoms with Crippen LogP contribution in [0.1, 0.15) is 58.7 Å². The Morgan fingerprint density at radius 2 is 0.967 bits per heavy atom. The number of hydrogen-bond donors (Lipinski definition) is 1. The third-order valence-corrected chi connectivity index (χ3v) is 12.3. The molecule has 12 heteroatoms. The van der Waals surface area contributed by atoms with Gasteiger partial charge in [0.05, 0.1) is 20.5 Å². The summed E-state index contributed by atoms with van der Waals surface area (Å²) in [5, 5.41) is 0. The molecule has 1 N–H and O–H groups in total. The van der Waals surface area contributed by atoms with E-state index in [2.05, 4.69) is 41.0 Å². The topological polar surface area (TPSA) is 99.1 Å². The van der Waals surface area contributed by atoms with E-state index in [1.54, 1.807) is 16.0 Å². The minimum atomic E-state index is -1.43. The number of hydrogen-bond acceptors (Lipinski definition) is 4. The summed E-state index contributed by atoms with van der Waals surface area (Å²) in [7, 11) is -2.62. The summed E-state index contributed by atoms with van der Waals surface area (Å²) in [4.78, 5) is 28.2. The van der Waals surface area contributed by atoms with Crippen LogP contribution < -0.4 is 14.5 Å². The number of carbonyl (C=O) groups is 2. The van der Waals surface area contributed by atoms with Gasteiger partial charge >= 0.3 is 0 Å². The van der Waals surface area contributed by atoms with Crippen molar-refractivity contribution in [3.8, 4) is 0 Å². The Labute approximate surface area is 376 Å². The van der Waals surface area contributed by atoms with Crippen LogP contribution in [0.3, 0.4) is 0 Å². The summed E-state index contributed by atoms with van der Waals surface area (Å²) < 4.78 is 32.8. The molecule has 0 spiro atoms. The molecule has 0 aromatic heterocycles. The number of rotatable bonds is 11. The Morgan fingerprint density at radius 3 is 1.33 bits per heavy atom. The van der Waals surface area contributed by atoms with Crippen molar-refractivity contribution in [3.05, 3.63) is 190 Å². The molecule has 312 valence electrons. The average Bonchev–Trinajstić information content (AvgIpc) is 3.24. The third kappa shape index (κ3) is 15.0. The van der Waals surface area contributed by atoms with Crippen molar-refractivity contribution in [2.24, 2.45) is 4.40 Å². The van der Waals surface area contributed by atoms with Gasteiger partial charge in [-0.15, -0.1) is 0 Å². The summed E-state index contributed by atoms with van der Waals surface area (Å²) in [5.74, 6) is -0.202. The Hall–Kier alpha value is -4.85. The number of carbonyl (C=O) groups excluding carboxylic acids is 2. The lowest BCUT2D eigenvalue weighted by molar-refractivity contribution is -0.119. The maximum atomic E-state index is 13.9. The number of para-hydroxylation sites is 4. The van der Waals surface area contributed by atoms with E-state index in [-0.39, 0.29) is 10.7 Å². The zero-order valence-electron chi connectivity index (χ0n) is 34.4. The highest BCUT2D eigenvalue weighted by Crippen LogP contribution is 2.31. The van der Waals surface area contributed by atoms with E-state index in [4.69, 9.17) is 0 Å². The van der Waals surface area contributed by atoms with Crippen LogP contribution in [0.15, 0.2) is 183 Å². The van der Waals surface area contributed by atoms with Crippen molar-refractivity contribution in [3.63, 3.8) is 0 Å². The summed E-state index contributed by atoms with van der Waals surface area (Å²) in [6, 6.07) is 52.5. The molecule has 2 amide bonds. The number of amides is 2. The molecule has 6 aromatic carbocycles. The number of nitrogens with zero attached hydrogens (tertiary/aromatic N) is 3. The highest BCUT2D eigenvalue weighted by Gasteiger charge is 2.32. The fraction of sp³-hybridized carbons (Fsp3) is 0.188. The van der Waals surface area contributed by atoms with Crippen molar-refractivity contribution < 1.29 is 18.0 Å². The fourth-order valence-corrected chi connectivity index (χ4v) is 7.02. The normalized spacial score (nSPS) is 12.7. The second-order valence-corrected chi connectivity index (χ2v) is 20.9. The molecule has 60 heavy (non-hydrogen) atoms. The molecule has 0 saturated heterocycles. The quantitative estimate of drug-likeness (QED) is 0.103. The first-order valence-electron chi connectivity index (χ1n) is 19.0. The molecular formula is C48H50Br2N4O4S2. The van der Waals surface area contributed by atoms with E-state index in [1.807, 2.05) is 211 Å². The van der Waals surface area contributed by atoms with Gasteiger partial charge in [-0.2, -0.15) is 4.40 Å². The smallest absolute Gasteiger partial charge is 0.254 e. The minimum Gasteiger partial charge on any atom is -0.284 e. The lowest BCUT2D eigenvalue weighted by Crippen LogP contribution is -2.43. The molecule has 0 radical (unpaired) electrons.